The smallest absolute Gasteiger partial charge is 0.407 e. The second kappa shape index (κ2) is 9.57. The predicted octanol–water partition coefficient (Wildman–Crippen LogP) is 2.88. The lowest BCUT2D eigenvalue weighted by atomic mass is 9.85. The molecule has 1 aromatic rings. The summed E-state index contributed by atoms with van der Waals surface area (Å²) < 4.78 is 5.26. The zero-order valence-corrected chi connectivity index (χ0v) is 16.7. The second-order valence-corrected chi connectivity index (χ2v) is 8.28. The van der Waals surface area contributed by atoms with Gasteiger partial charge in [0.25, 0.3) is 0 Å². The first kappa shape index (κ1) is 21.7. The van der Waals surface area contributed by atoms with Gasteiger partial charge in [0, 0.05) is 18.4 Å². The van der Waals surface area contributed by atoms with Gasteiger partial charge in [-0.3, -0.25) is 4.79 Å². The van der Waals surface area contributed by atoms with E-state index < -0.39 is 23.7 Å². The number of hydrogen-bond donors (Lipinski definition) is 3. The van der Waals surface area contributed by atoms with E-state index in [0.29, 0.717) is 25.7 Å². The van der Waals surface area contributed by atoms with Gasteiger partial charge in [0.1, 0.15) is 11.6 Å². The van der Waals surface area contributed by atoms with Gasteiger partial charge in [-0.05, 0) is 52.0 Å². The van der Waals surface area contributed by atoms with E-state index in [-0.39, 0.29) is 24.3 Å². The van der Waals surface area contributed by atoms with Crippen LogP contribution >= 0.6 is 0 Å². The molecule has 2 rings (SSSR count). The van der Waals surface area contributed by atoms with Crippen LogP contribution in [0.3, 0.4) is 0 Å². The van der Waals surface area contributed by atoms with E-state index in [0.717, 1.165) is 5.56 Å². The Labute approximate surface area is 165 Å². The summed E-state index contributed by atoms with van der Waals surface area (Å²) in [4.78, 5) is 35.9. The van der Waals surface area contributed by atoms with Crippen molar-refractivity contribution < 1.29 is 24.2 Å². The zero-order valence-electron chi connectivity index (χ0n) is 16.7. The summed E-state index contributed by atoms with van der Waals surface area (Å²) in [5.41, 5.74) is 0.312. The van der Waals surface area contributed by atoms with E-state index in [1.54, 1.807) is 0 Å². The van der Waals surface area contributed by atoms with Gasteiger partial charge in [0.05, 0.1) is 0 Å². The van der Waals surface area contributed by atoms with Crippen LogP contribution in [0.15, 0.2) is 30.3 Å². The number of nitrogens with one attached hydrogen (secondary N) is 2. The molecule has 7 heteroatoms. The highest BCUT2D eigenvalue weighted by molar-refractivity contribution is 5.85. The van der Waals surface area contributed by atoms with Gasteiger partial charge in [-0.1, -0.05) is 30.3 Å². The average Bonchev–Trinajstić information content (AvgIpc) is 2.60. The molecule has 3 N–H and O–H groups in total. The Morgan fingerprint density at radius 2 is 1.71 bits per heavy atom. The van der Waals surface area contributed by atoms with Crippen molar-refractivity contribution in [1.29, 1.82) is 0 Å². The molecule has 1 aromatic carbocycles. The minimum Gasteiger partial charge on any atom is -0.480 e. The lowest BCUT2D eigenvalue weighted by Crippen LogP contribution is -2.47. The van der Waals surface area contributed by atoms with Gasteiger partial charge >= 0.3 is 12.1 Å². The van der Waals surface area contributed by atoms with Crippen LogP contribution in [0.4, 0.5) is 4.79 Å². The molecule has 0 bridgehead atoms. The van der Waals surface area contributed by atoms with Gasteiger partial charge in [-0.2, -0.15) is 0 Å². The van der Waals surface area contributed by atoms with Crippen molar-refractivity contribution in [3.63, 3.8) is 0 Å². The average molecular weight is 390 g/mol. The van der Waals surface area contributed by atoms with E-state index in [1.807, 2.05) is 51.1 Å². The molecule has 28 heavy (non-hydrogen) atoms. The van der Waals surface area contributed by atoms with Crippen molar-refractivity contribution in [2.75, 3.05) is 0 Å². The molecule has 0 unspecified atom stereocenters. The minimum absolute atomic E-state index is 0.0292. The molecule has 1 aliphatic carbocycles. The summed E-state index contributed by atoms with van der Waals surface area (Å²) >= 11 is 0. The maximum absolute atomic E-state index is 12.5. The molecular formula is C21H30N2O5. The van der Waals surface area contributed by atoms with E-state index in [9.17, 15) is 19.5 Å². The molecule has 154 valence electrons. The Kier molecular flexibility index (Phi) is 7.43. The van der Waals surface area contributed by atoms with Crippen LogP contribution in [-0.2, 0) is 20.7 Å². The summed E-state index contributed by atoms with van der Waals surface area (Å²) in [6.45, 7) is 5.42. The molecule has 0 saturated heterocycles. The first-order valence-electron chi connectivity index (χ1n) is 9.70. The molecule has 2 amide bonds. The van der Waals surface area contributed by atoms with Crippen molar-refractivity contribution >= 4 is 18.0 Å². The summed E-state index contributed by atoms with van der Waals surface area (Å²) in [5.74, 6) is -1.52. The van der Waals surface area contributed by atoms with Crippen LogP contribution in [0.1, 0.15) is 52.0 Å². The number of amides is 2. The number of alkyl carbamates (subject to hydrolysis) is 1. The van der Waals surface area contributed by atoms with Crippen molar-refractivity contribution in [2.45, 2.75) is 70.6 Å². The lowest BCUT2D eigenvalue weighted by molar-refractivity contribution is -0.142. The van der Waals surface area contributed by atoms with Crippen LogP contribution in [-0.4, -0.2) is 40.8 Å². The standard InChI is InChI=1S/C21H30N2O5/c1-21(2,3)28-20(27)22-16-11-9-15(10-12-16)18(24)23-17(19(25)26)13-14-7-5-4-6-8-14/h4-8,15-17H,9-13H2,1-3H3,(H,22,27)(H,23,24)(H,25,26)/t15?,16?,17-/m0/s1. The Balaban J connectivity index is 1.81. The first-order valence-corrected chi connectivity index (χ1v) is 9.70. The van der Waals surface area contributed by atoms with Crippen LogP contribution in [0, 0.1) is 5.92 Å². The van der Waals surface area contributed by atoms with Crippen molar-refractivity contribution in [3.05, 3.63) is 35.9 Å². The number of carbonyl (C=O) groups excluding carboxylic acids is 2. The number of carboxylic acid groups (broad SMARTS) is 1. The third kappa shape index (κ3) is 7.21. The molecule has 0 radical (unpaired) electrons. The number of rotatable bonds is 6. The number of benzene rings is 1. The van der Waals surface area contributed by atoms with Gasteiger partial charge in [0.2, 0.25) is 5.91 Å². The highest BCUT2D eigenvalue weighted by Gasteiger charge is 2.30. The second-order valence-electron chi connectivity index (χ2n) is 8.28. The fraction of sp³-hybridized carbons (Fsp3) is 0.571. The van der Waals surface area contributed by atoms with Crippen molar-refractivity contribution in [1.82, 2.24) is 10.6 Å². The van der Waals surface area contributed by atoms with Gasteiger partial charge in [-0.15, -0.1) is 0 Å². The highest BCUT2D eigenvalue weighted by atomic mass is 16.6. The monoisotopic (exact) mass is 390 g/mol. The van der Waals surface area contributed by atoms with Crippen LogP contribution in [0.5, 0.6) is 0 Å². The number of carbonyl (C=O) groups is 3. The molecule has 0 heterocycles. The molecule has 1 atom stereocenters. The maximum Gasteiger partial charge on any atom is 0.407 e. The van der Waals surface area contributed by atoms with E-state index in [2.05, 4.69) is 10.6 Å². The van der Waals surface area contributed by atoms with E-state index in [1.165, 1.54) is 0 Å². The number of aliphatic carboxylic acids is 1. The molecule has 1 saturated carbocycles. The summed E-state index contributed by atoms with van der Waals surface area (Å²) in [6, 6.07) is 8.25. The predicted molar refractivity (Wildman–Crippen MR) is 105 cm³/mol. The van der Waals surface area contributed by atoms with Crippen LogP contribution in [0.25, 0.3) is 0 Å². The summed E-state index contributed by atoms with van der Waals surface area (Å²) in [7, 11) is 0. The largest absolute Gasteiger partial charge is 0.480 e. The van der Waals surface area contributed by atoms with E-state index in [4.69, 9.17) is 4.74 Å². The van der Waals surface area contributed by atoms with Crippen LogP contribution < -0.4 is 10.6 Å². The molecule has 1 aliphatic rings. The fourth-order valence-corrected chi connectivity index (χ4v) is 3.31. The van der Waals surface area contributed by atoms with Gasteiger partial charge in [-0.25, -0.2) is 9.59 Å². The van der Waals surface area contributed by atoms with Gasteiger partial charge in [0.15, 0.2) is 0 Å². The summed E-state index contributed by atoms with van der Waals surface area (Å²) in [6.07, 6.45) is 2.32. The fourth-order valence-electron chi connectivity index (χ4n) is 3.31. The van der Waals surface area contributed by atoms with E-state index >= 15 is 0 Å². The molecule has 7 nitrogen and oxygen atoms in total. The zero-order chi connectivity index (χ0) is 20.7. The Hall–Kier alpha value is -2.57. The van der Waals surface area contributed by atoms with Crippen molar-refractivity contribution in [2.24, 2.45) is 5.92 Å². The third-order valence-electron chi connectivity index (χ3n) is 4.72. The molecule has 0 aliphatic heterocycles. The molecule has 0 aromatic heterocycles. The Morgan fingerprint density at radius 3 is 2.25 bits per heavy atom. The van der Waals surface area contributed by atoms with Crippen molar-refractivity contribution in [3.8, 4) is 0 Å². The normalized spacial score (nSPS) is 20.7. The third-order valence-corrected chi connectivity index (χ3v) is 4.72. The molecular weight excluding hydrogens is 360 g/mol. The highest BCUT2D eigenvalue weighted by Crippen LogP contribution is 2.25. The molecule has 1 fully saturated rings. The maximum atomic E-state index is 12.5. The quantitative estimate of drug-likeness (QED) is 0.693. The number of carboxylic acids is 1. The topological polar surface area (TPSA) is 105 Å². The Morgan fingerprint density at radius 1 is 1.11 bits per heavy atom. The SMILES string of the molecule is CC(C)(C)OC(=O)NC1CCC(C(=O)N[C@@H](Cc2ccccc2)C(=O)O)CC1. The number of ether oxygens (including phenoxy) is 1. The minimum atomic E-state index is -1.04. The first-order chi connectivity index (χ1) is 13.1. The van der Waals surface area contributed by atoms with Gasteiger partial charge < -0.3 is 20.5 Å². The Bertz CT molecular complexity index is 676. The number of hydrogen-bond acceptors (Lipinski definition) is 4. The van der Waals surface area contributed by atoms with Crippen LogP contribution in [0.2, 0.25) is 0 Å². The molecule has 0 spiro atoms. The lowest BCUT2D eigenvalue weighted by Gasteiger charge is -2.30. The summed E-state index contributed by atoms with van der Waals surface area (Å²) in [5, 5.41) is 15.0.